The summed E-state index contributed by atoms with van der Waals surface area (Å²) >= 11 is 0. The van der Waals surface area contributed by atoms with Gasteiger partial charge in [-0.15, -0.1) is 0 Å². The fraction of sp³-hybridized carbons (Fsp3) is 0.440. The summed E-state index contributed by atoms with van der Waals surface area (Å²) in [6.07, 6.45) is 0.491. The fourth-order valence-corrected chi connectivity index (χ4v) is 5.09. The van der Waals surface area contributed by atoms with E-state index in [1.54, 1.807) is 46.2 Å². The standard InChI is InChI=1S/C25H28F3N7O2/c1-15(2)21-24(12-37-13-24)33(4)23(36)35(21)20-9-10-29-22(32-20)31-16(3)19-11-34(14-30-19)18-7-5-17(6-8-18)25(26,27)28/h5-11,14-16,21H,12-13H2,1-4H3,(H,29,31,32)/t16-,21-/m0/s1. The summed E-state index contributed by atoms with van der Waals surface area (Å²) in [5.74, 6) is 1.01. The number of benzene rings is 1. The number of likely N-dealkylation sites (N-methyl/N-ethyl adjacent to an activating group) is 1. The van der Waals surface area contributed by atoms with Crippen LogP contribution in [0.2, 0.25) is 0 Å². The molecule has 37 heavy (non-hydrogen) atoms. The lowest BCUT2D eigenvalue weighted by Gasteiger charge is -2.47. The highest BCUT2D eigenvalue weighted by atomic mass is 19.4. The average molecular weight is 516 g/mol. The number of anilines is 2. The van der Waals surface area contributed by atoms with Crippen LogP contribution in [-0.2, 0) is 10.9 Å². The second-order valence-corrected chi connectivity index (χ2v) is 9.85. The summed E-state index contributed by atoms with van der Waals surface area (Å²) in [6.45, 7) is 7.02. The molecule has 2 aromatic heterocycles. The van der Waals surface area contributed by atoms with Crippen molar-refractivity contribution < 1.29 is 22.7 Å². The Morgan fingerprint density at radius 1 is 1.11 bits per heavy atom. The normalized spacial score (nSPS) is 20.0. The van der Waals surface area contributed by atoms with E-state index in [-0.39, 0.29) is 29.6 Å². The first-order chi connectivity index (χ1) is 17.5. The zero-order valence-corrected chi connectivity index (χ0v) is 20.9. The van der Waals surface area contributed by atoms with Gasteiger partial charge in [0.15, 0.2) is 0 Å². The zero-order chi connectivity index (χ0) is 26.5. The first-order valence-corrected chi connectivity index (χ1v) is 12.0. The maximum atomic E-state index is 13.2. The molecule has 0 aliphatic carbocycles. The van der Waals surface area contributed by atoms with E-state index < -0.39 is 11.7 Å². The van der Waals surface area contributed by atoms with Crippen molar-refractivity contribution in [2.45, 2.75) is 44.6 Å². The third-order valence-electron chi connectivity index (χ3n) is 7.10. The molecule has 5 rings (SSSR count). The number of nitrogens with zero attached hydrogens (tertiary/aromatic N) is 6. The number of carbonyl (C=O) groups is 1. The van der Waals surface area contributed by atoms with Gasteiger partial charge < -0.3 is 19.5 Å². The van der Waals surface area contributed by atoms with Crippen molar-refractivity contribution in [2.24, 2.45) is 5.92 Å². The number of hydrogen-bond donors (Lipinski definition) is 1. The number of amides is 2. The van der Waals surface area contributed by atoms with Crippen LogP contribution in [0.25, 0.3) is 5.69 Å². The number of halogens is 3. The summed E-state index contributed by atoms with van der Waals surface area (Å²) in [7, 11) is 1.80. The fourth-order valence-electron chi connectivity index (χ4n) is 5.09. The molecule has 1 spiro atoms. The van der Waals surface area contributed by atoms with Crippen LogP contribution in [-0.4, -0.2) is 62.3 Å². The number of alkyl halides is 3. The van der Waals surface area contributed by atoms with Gasteiger partial charge in [-0.3, -0.25) is 4.90 Å². The summed E-state index contributed by atoms with van der Waals surface area (Å²) in [5.41, 5.74) is 0.128. The van der Waals surface area contributed by atoms with Gasteiger partial charge in [-0.05, 0) is 43.2 Å². The van der Waals surface area contributed by atoms with E-state index in [4.69, 9.17) is 4.74 Å². The van der Waals surface area contributed by atoms with Crippen LogP contribution >= 0.6 is 0 Å². The van der Waals surface area contributed by atoms with Crippen LogP contribution in [0.1, 0.15) is 38.1 Å². The highest BCUT2D eigenvalue weighted by Gasteiger charge is 2.61. The maximum absolute atomic E-state index is 13.2. The lowest BCUT2D eigenvalue weighted by molar-refractivity contribution is -0.137. The quantitative estimate of drug-likeness (QED) is 0.520. The SMILES string of the molecule is CC(C)[C@@H]1N(c2ccnc(N[C@@H](C)c3cn(-c4ccc(C(F)(F)F)cc4)cn3)n2)C(=O)N(C)C12COC2. The zero-order valence-electron chi connectivity index (χ0n) is 20.9. The van der Waals surface area contributed by atoms with Gasteiger partial charge in [0.2, 0.25) is 5.95 Å². The molecule has 2 amide bonds. The predicted octanol–water partition coefficient (Wildman–Crippen LogP) is 4.52. The molecule has 196 valence electrons. The number of ether oxygens (including phenoxy) is 1. The Hall–Kier alpha value is -3.67. The second-order valence-electron chi connectivity index (χ2n) is 9.85. The van der Waals surface area contributed by atoms with Gasteiger partial charge in [0.05, 0.1) is 42.9 Å². The summed E-state index contributed by atoms with van der Waals surface area (Å²) in [6, 6.07) is 6.05. The molecule has 9 nitrogen and oxygen atoms in total. The van der Waals surface area contributed by atoms with E-state index in [1.807, 2.05) is 6.92 Å². The Bertz CT molecular complexity index is 1290. The number of urea groups is 1. The van der Waals surface area contributed by atoms with Crippen molar-refractivity contribution in [2.75, 3.05) is 30.5 Å². The summed E-state index contributed by atoms with van der Waals surface area (Å²) in [4.78, 5) is 30.1. The minimum Gasteiger partial charge on any atom is -0.376 e. The molecule has 2 aliphatic heterocycles. The minimum absolute atomic E-state index is 0.0987. The lowest BCUT2D eigenvalue weighted by Crippen LogP contribution is -2.65. The Morgan fingerprint density at radius 2 is 1.81 bits per heavy atom. The molecule has 0 unspecified atom stereocenters. The first kappa shape index (κ1) is 25.0. The molecule has 4 heterocycles. The molecule has 0 saturated carbocycles. The van der Waals surface area contributed by atoms with Crippen LogP contribution < -0.4 is 10.2 Å². The molecule has 0 radical (unpaired) electrons. The molecule has 2 fully saturated rings. The van der Waals surface area contributed by atoms with Crippen molar-refractivity contribution in [1.82, 2.24) is 24.4 Å². The van der Waals surface area contributed by atoms with Crippen LogP contribution in [0.5, 0.6) is 0 Å². The number of aromatic nitrogens is 4. The number of carbonyl (C=O) groups excluding carboxylic acids is 1. The first-order valence-electron chi connectivity index (χ1n) is 12.0. The van der Waals surface area contributed by atoms with Gasteiger partial charge in [0, 0.05) is 25.1 Å². The summed E-state index contributed by atoms with van der Waals surface area (Å²) < 4.78 is 45.7. The number of nitrogens with one attached hydrogen (secondary N) is 1. The molecule has 1 N–H and O–H groups in total. The Kier molecular flexibility index (Phi) is 6.09. The van der Waals surface area contributed by atoms with Gasteiger partial charge >= 0.3 is 12.2 Å². The molecule has 0 bridgehead atoms. The topological polar surface area (TPSA) is 88.4 Å². The van der Waals surface area contributed by atoms with Crippen molar-refractivity contribution in [3.8, 4) is 5.69 Å². The molecular weight excluding hydrogens is 487 g/mol. The number of rotatable bonds is 6. The molecule has 12 heteroatoms. The van der Waals surface area contributed by atoms with Gasteiger partial charge in [-0.1, -0.05) is 13.8 Å². The van der Waals surface area contributed by atoms with E-state index in [0.717, 1.165) is 12.1 Å². The van der Waals surface area contributed by atoms with Crippen LogP contribution in [0, 0.1) is 5.92 Å². The number of imidazole rings is 1. The van der Waals surface area contributed by atoms with E-state index in [1.165, 1.54) is 12.1 Å². The molecule has 3 aromatic rings. The monoisotopic (exact) mass is 515 g/mol. The van der Waals surface area contributed by atoms with E-state index in [0.29, 0.717) is 36.4 Å². The third-order valence-corrected chi connectivity index (χ3v) is 7.10. The third kappa shape index (κ3) is 4.28. The Morgan fingerprint density at radius 3 is 2.41 bits per heavy atom. The Balaban J connectivity index is 1.34. The Labute approximate surface area is 212 Å². The highest BCUT2D eigenvalue weighted by Crippen LogP contribution is 2.43. The maximum Gasteiger partial charge on any atom is 0.416 e. The summed E-state index contributed by atoms with van der Waals surface area (Å²) in [5, 5.41) is 3.21. The van der Waals surface area contributed by atoms with Crippen molar-refractivity contribution in [3.05, 3.63) is 60.3 Å². The molecule has 2 aliphatic rings. The van der Waals surface area contributed by atoms with Gasteiger partial charge in [0.1, 0.15) is 11.4 Å². The predicted molar refractivity (Wildman–Crippen MR) is 130 cm³/mol. The average Bonchev–Trinajstić information content (AvgIpc) is 3.41. The van der Waals surface area contributed by atoms with E-state index in [9.17, 15) is 18.0 Å². The van der Waals surface area contributed by atoms with Crippen LogP contribution in [0.4, 0.5) is 29.7 Å². The molecule has 1 aromatic carbocycles. The molecule has 2 atom stereocenters. The van der Waals surface area contributed by atoms with Gasteiger partial charge in [-0.25, -0.2) is 14.8 Å². The highest BCUT2D eigenvalue weighted by molar-refractivity contribution is 5.95. The smallest absolute Gasteiger partial charge is 0.376 e. The lowest BCUT2D eigenvalue weighted by atomic mass is 9.81. The minimum atomic E-state index is -4.39. The number of hydrogen-bond acceptors (Lipinski definition) is 6. The molecule has 2 saturated heterocycles. The van der Waals surface area contributed by atoms with E-state index >= 15 is 0 Å². The molecular formula is C25H28F3N7O2. The van der Waals surface area contributed by atoms with Crippen molar-refractivity contribution in [1.29, 1.82) is 0 Å². The largest absolute Gasteiger partial charge is 0.416 e. The van der Waals surface area contributed by atoms with Crippen molar-refractivity contribution >= 4 is 17.8 Å². The van der Waals surface area contributed by atoms with E-state index in [2.05, 4.69) is 34.1 Å². The van der Waals surface area contributed by atoms with Gasteiger partial charge in [-0.2, -0.15) is 18.2 Å². The van der Waals surface area contributed by atoms with Gasteiger partial charge in [0.25, 0.3) is 0 Å². The second kappa shape index (κ2) is 9.02. The van der Waals surface area contributed by atoms with Crippen LogP contribution in [0.3, 0.4) is 0 Å². The van der Waals surface area contributed by atoms with Crippen LogP contribution in [0.15, 0.2) is 49.1 Å². The van der Waals surface area contributed by atoms with Crippen molar-refractivity contribution in [3.63, 3.8) is 0 Å².